The van der Waals surface area contributed by atoms with Gasteiger partial charge in [-0.25, -0.2) is 0 Å². The zero-order chi connectivity index (χ0) is 17.8. The van der Waals surface area contributed by atoms with Gasteiger partial charge in [-0.2, -0.15) is 0 Å². The minimum atomic E-state index is -0.143. The van der Waals surface area contributed by atoms with Crippen molar-refractivity contribution in [3.8, 4) is 17.2 Å². The van der Waals surface area contributed by atoms with Gasteiger partial charge in [0, 0.05) is 16.1 Å². The van der Waals surface area contributed by atoms with Gasteiger partial charge in [0.15, 0.2) is 5.78 Å². The van der Waals surface area contributed by atoms with Gasteiger partial charge in [0.05, 0.1) is 17.9 Å². The summed E-state index contributed by atoms with van der Waals surface area (Å²) in [7, 11) is 1.60. The SMILES string of the molecule is COc1ccc(-c2nnc(SCC(=O)c3ccc(Cl)cc3Cl)o2)cc1. The lowest BCUT2D eigenvalue weighted by atomic mass is 10.1. The maximum absolute atomic E-state index is 12.2. The number of methoxy groups -OCH3 is 1. The Balaban J connectivity index is 1.66. The van der Waals surface area contributed by atoms with Gasteiger partial charge >= 0.3 is 0 Å². The maximum Gasteiger partial charge on any atom is 0.277 e. The van der Waals surface area contributed by atoms with Crippen LogP contribution in [0.2, 0.25) is 10.0 Å². The second-order valence-corrected chi connectivity index (χ2v) is 6.71. The van der Waals surface area contributed by atoms with Gasteiger partial charge in [-0.3, -0.25) is 4.79 Å². The van der Waals surface area contributed by atoms with E-state index >= 15 is 0 Å². The summed E-state index contributed by atoms with van der Waals surface area (Å²) in [5.41, 5.74) is 1.18. The van der Waals surface area contributed by atoms with Gasteiger partial charge in [-0.05, 0) is 42.5 Å². The summed E-state index contributed by atoms with van der Waals surface area (Å²) in [6.07, 6.45) is 0. The number of ether oxygens (including phenoxy) is 1. The number of thioether (sulfide) groups is 1. The quantitative estimate of drug-likeness (QED) is 0.431. The first-order valence-electron chi connectivity index (χ1n) is 7.16. The lowest BCUT2D eigenvalue weighted by Crippen LogP contribution is -2.03. The number of rotatable bonds is 6. The van der Waals surface area contributed by atoms with E-state index in [4.69, 9.17) is 32.4 Å². The van der Waals surface area contributed by atoms with Gasteiger partial charge in [-0.1, -0.05) is 35.0 Å². The summed E-state index contributed by atoms with van der Waals surface area (Å²) < 4.78 is 10.7. The molecule has 5 nitrogen and oxygen atoms in total. The zero-order valence-corrected chi connectivity index (χ0v) is 15.4. The second-order valence-electron chi connectivity index (χ2n) is 4.94. The second kappa shape index (κ2) is 7.91. The Morgan fingerprint density at radius 1 is 1.16 bits per heavy atom. The molecule has 0 aliphatic carbocycles. The summed E-state index contributed by atoms with van der Waals surface area (Å²) in [5.74, 6) is 1.10. The van der Waals surface area contributed by atoms with Crippen LogP contribution in [0.3, 0.4) is 0 Å². The van der Waals surface area contributed by atoms with E-state index in [1.54, 1.807) is 31.4 Å². The fourth-order valence-electron chi connectivity index (χ4n) is 2.04. The van der Waals surface area contributed by atoms with Crippen molar-refractivity contribution in [2.24, 2.45) is 0 Å². The van der Waals surface area contributed by atoms with Crippen LogP contribution in [-0.2, 0) is 0 Å². The molecule has 0 fully saturated rings. The number of Topliss-reactive ketones (excluding diaryl/α,β-unsaturated/α-hetero) is 1. The molecular weight excluding hydrogens is 383 g/mol. The molecule has 0 spiro atoms. The predicted octanol–water partition coefficient (Wildman–Crippen LogP) is 5.03. The van der Waals surface area contributed by atoms with E-state index in [1.807, 2.05) is 12.1 Å². The van der Waals surface area contributed by atoms with Gasteiger partial charge in [0.25, 0.3) is 5.22 Å². The minimum Gasteiger partial charge on any atom is -0.497 e. The molecule has 0 N–H and O–H groups in total. The first kappa shape index (κ1) is 17.8. The van der Waals surface area contributed by atoms with Crippen molar-refractivity contribution in [1.29, 1.82) is 0 Å². The zero-order valence-electron chi connectivity index (χ0n) is 13.0. The molecule has 0 saturated carbocycles. The average Bonchev–Trinajstić information content (AvgIpc) is 3.09. The van der Waals surface area contributed by atoms with E-state index in [0.29, 0.717) is 26.7 Å². The molecule has 0 saturated heterocycles. The average molecular weight is 395 g/mol. The van der Waals surface area contributed by atoms with Crippen molar-refractivity contribution in [3.05, 3.63) is 58.1 Å². The van der Waals surface area contributed by atoms with E-state index in [2.05, 4.69) is 10.2 Å². The molecule has 0 aliphatic rings. The lowest BCUT2D eigenvalue weighted by molar-refractivity contribution is 0.102. The molecule has 0 atom stereocenters. The van der Waals surface area contributed by atoms with Crippen LogP contribution in [0.1, 0.15) is 10.4 Å². The monoisotopic (exact) mass is 394 g/mol. The molecule has 1 heterocycles. The summed E-state index contributed by atoms with van der Waals surface area (Å²) in [6.45, 7) is 0. The molecule has 25 heavy (non-hydrogen) atoms. The number of carbonyl (C=O) groups excluding carboxylic acids is 1. The van der Waals surface area contributed by atoms with Crippen LogP contribution in [0.15, 0.2) is 52.1 Å². The number of aromatic nitrogens is 2. The number of benzene rings is 2. The number of hydrogen-bond donors (Lipinski definition) is 0. The van der Waals surface area contributed by atoms with Crippen molar-refractivity contribution < 1.29 is 13.9 Å². The Kier molecular flexibility index (Phi) is 5.63. The largest absolute Gasteiger partial charge is 0.497 e. The van der Waals surface area contributed by atoms with Gasteiger partial charge in [-0.15, -0.1) is 10.2 Å². The van der Waals surface area contributed by atoms with Gasteiger partial charge in [0.2, 0.25) is 5.89 Å². The van der Waals surface area contributed by atoms with E-state index in [-0.39, 0.29) is 11.5 Å². The summed E-state index contributed by atoms with van der Waals surface area (Å²) in [5, 5.41) is 9.05. The molecule has 0 unspecified atom stereocenters. The van der Waals surface area contributed by atoms with Crippen LogP contribution < -0.4 is 4.74 Å². The fraction of sp³-hybridized carbons (Fsp3) is 0.118. The molecule has 3 rings (SSSR count). The number of ketones is 1. The Morgan fingerprint density at radius 3 is 2.60 bits per heavy atom. The highest BCUT2D eigenvalue weighted by Gasteiger charge is 2.14. The van der Waals surface area contributed by atoms with E-state index in [9.17, 15) is 4.79 Å². The van der Waals surface area contributed by atoms with Crippen LogP contribution in [0.4, 0.5) is 0 Å². The molecule has 0 bridgehead atoms. The number of hydrogen-bond acceptors (Lipinski definition) is 6. The highest BCUT2D eigenvalue weighted by atomic mass is 35.5. The molecule has 8 heteroatoms. The Hall–Kier alpha value is -2.02. The van der Waals surface area contributed by atoms with Crippen LogP contribution in [0, 0.1) is 0 Å². The molecule has 0 amide bonds. The van der Waals surface area contributed by atoms with Crippen molar-refractivity contribution >= 4 is 40.7 Å². The van der Waals surface area contributed by atoms with Crippen LogP contribution in [0.5, 0.6) is 5.75 Å². The summed E-state index contributed by atoms with van der Waals surface area (Å²) in [4.78, 5) is 12.2. The smallest absolute Gasteiger partial charge is 0.277 e. The maximum atomic E-state index is 12.2. The molecular formula is C17H12Cl2N2O3S. The molecule has 0 aliphatic heterocycles. The normalized spacial score (nSPS) is 10.7. The molecule has 1 aromatic heterocycles. The predicted molar refractivity (Wildman–Crippen MR) is 97.8 cm³/mol. The third-order valence-electron chi connectivity index (χ3n) is 3.30. The third kappa shape index (κ3) is 4.34. The van der Waals surface area contributed by atoms with E-state index in [0.717, 1.165) is 23.1 Å². The first-order chi connectivity index (χ1) is 12.1. The molecule has 0 radical (unpaired) electrons. The Morgan fingerprint density at radius 2 is 1.92 bits per heavy atom. The van der Waals surface area contributed by atoms with Crippen molar-refractivity contribution in [2.75, 3.05) is 12.9 Å². The summed E-state index contributed by atoms with van der Waals surface area (Å²) in [6, 6.07) is 12.0. The number of carbonyl (C=O) groups is 1. The standard InChI is InChI=1S/C17H12Cl2N2O3S/c1-23-12-5-2-10(3-6-12)16-20-21-17(24-16)25-9-15(22)13-7-4-11(18)8-14(13)19/h2-8H,9H2,1H3. The van der Waals surface area contributed by atoms with Crippen molar-refractivity contribution in [3.63, 3.8) is 0 Å². The van der Waals surface area contributed by atoms with Crippen molar-refractivity contribution in [2.45, 2.75) is 5.22 Å². The molecule has 2 aromatic carbocycles. The highest BCUT2D eigenvalue weighted by molar-refractivity contribution is 7.99. The molecule has 128 valence electrons. The fourth-order valence-corrected chi connectivity index (χ4v) is 3.20. The summed E-state index contributed by atoms with van der Waals surface area (Å²) >= 11 is 13.0. The number of halogens is 2. The van der Waals surface area contributed by atoms with Crippen LogP contribution >= 0.6 is 35.0 Å². The van der Waals surface area contributed by atoms with Crippen LogP contribution in [-0.4, -0.2) is 28.8 Å². The first-order valence-corrected chi connectivity index (χ1v) is 8.90. The van der Waals surface area contributed by atoms with Gasteiger partial charge in [0.1, 0.15) is 5.75 Å². The molecule has 3 aromatic rings. The third-order valence-corrected chi connectivity index (χ3v) is 4.67. The highest BCUT2D eigenvalue weighted by Crippen LogP contribution is 2.27. The van der Waals surface area contributed by atoms with Crippen LogP contribution in [0.25, 0.3) is 11.5 Å². The topological polar surface area (TPSA) is 65.2 Å². The Labute approximate surface area is 158 Å². The number of nitrogens with zero attached hydrogens (tertiary/aromatic N) is 2. The van der Waals surface area contributed by atoms with Gasteiger partial charge < -0.3 is 9.15 Å². The minimum absolute atomic E-state index is 0.131. The van der Waals surface area contributed by atoms with Crippen molar-refractivity contribution in [1.82, 2.24) is 10.2 Å². The van der Waals surface area contributed by atoms with E-state index in [1.165, 1.54) is 6.07 Å². The lowest BCUT2D eigenvalue weighted by Gasteiger charge is -2.02. The van der Waals surface area contributed by atoms with E-state index < -0.39 is 0 Å². The Bertz CT molecular complexity index is 897.